The van der Waals surface area contributed by atoms with Crippen LogP contribution in [0.4, 0.5) is 17.1 Å². The highest BCUT2D eigenvalue weighted by atomic mass is 16.5. The van der Waals surface area contributed by atoms with Crippen LogP contribution in [0.2, 0.25) is 0 Å². The SMILES string of the molecule is c1ccc(N(c2ccccc2)c2ccc3c(c2)B2c4ccccc4Oc4ccc5c6ccccc6n-3c5c42)cc1. The number of fused-ring (bicyclic) bond motifs is 8. The number of para-hydroxylation sites is 4. The highest BCUT2D eigenvalue weighted by molar-refractivity contribution is 6.99. The molecule has 0 aliphatic carbocycles. The first kappa shape index (κ1) is 21.7. The molecule has 186 valence electrons. The van der Waals surface area contributed by atoms with E-state index in [-0.39, 0.29) is 6.71 Å². The predicted molar refractivity (Wildman–Crippen MR) is 167 cm³/mol. The smallest absolute Gasteiger partial charge is 0.256 e. The lowest BCUT2D eigenvalue weighted by Crippen LogP contribution is -2.58. The van der Waals surface area contributed by atoms with E-state index in [2.05, 4.69) is 149 Å². The van der Waals surface area contributed by atoms with Gasteiger partial charge in [0.1, 0.15) is 11.5 Å². The fraction of sp³-hybridized carbons (Fsp3) is 0. The van der Waals surface area contributed by atoms with Gasteiger partial charge < -0.3 is 14.2 Å². The molecule has 0 saturated heterocycles. The minimum atomic E-state index is 0.0730. The molecular formula is C36H23BN2O. The maximum Gasteiger partial charge on any atom is 0.256 e. The molecule has 1 aromatic heterocycles. The van der Waals surface area contributed by atoms with Crippen molar-refractivity contribution in [2.24, 2.45) is 0 Å². The molecule has 3 nitrogen and oxygen atoms in total. The summed E-state index contributed by atoms with van der Waals surface area (Å²) < 4.78 is 9.00. The quantitative estimate of drug-likeness (QED) is 0.234. The van der Waals surface area contributed by atoms with Gasteiger partial charge in [0, 0.05) is 33.5 Å². The molecule has 0 amide bonds. The Balaban J connectivity index is 1.38. The molecular weight excluding hydrogens is 487 g/mol. The minimum absolute atomic E-state index is 0.0730. The summed E-state index contributed by atoms with van der Waals surface area (Å²) in [5.41, 5.74) is 10.8. The van der Waals surface area contributed by atoms with Crippen LogP contribution in [-0.2, 0) is 0 Å². The van der Waals surface area contributed by atoms with E-state index in [1.54, 1.807) is 0 Å². The van der Waals surface area contributed by atoms with Crippen molar-refractivity contribution in [1.82, 2.24) is 4.57 Å². The van der Waals surface area contributed by atoms with Gasteiger partial charge in [0.15, 0.2) is 0 Å². The molecule has 0 spiro atoms. The molecule has 0 N–H and O–H groups in total. The molecule has 40 heavy (non-hydrogen) atoms. The van der Waals surface area contributed by atoms with Gasteiger partial charge in [-0.15, -0.1) is 0 Å². The Labute approximate surface area is 232 Å². The number of rotatable bonds is 3. The first-order valence-electron chi connectivity index (χ1n) is 13.7. The third-order valence-corrected chi connectivity index (χ3v) is 8.42. The van der Waals surface area contributed by atoms with Crippen LogP contribution in [0.1, 0.15) is 0 Å². The highest BCUT2D eigenvalue weighted by Gasteiger charge is 2.40. The second kappa shape index (κ2) is 8.14. The number of nitrogens with zero attached hydrogens (tertiary/aromatic N) is 2. The van der Waals surface area contributed by atoms with Gasteiger partial charge in [-0.2, -0.15) is 0 Å². The summed E-state index contributed by atoms with van der Waals surface area (Å²) in [4.78, 5) is 2.34. The van der Waals surface area contributed by atoms with E-state index >= 15 is 0 Å². The molecule has 0 saturated carbocycles. The van der Waals surface area contributed by atoms with Gasteiger partial charge in [-0.1, -0.05) is 72.8 Å². The number of anilines is 3. The maximum absolute atomic E-state index is 6.55. The summed E-state index contributed by atoms with van der Waals surface area (Å²) in [6.07, 6.45) is 0. The zero-order valence-corrected chi connectivity index (χ0v) is 21.7. The zero-order valence-electron chi connectivity index (χ0n) is 21.7. The first-order valence-corrected chi connectivity index (χ1v) is 13.7. The fourth-order valence-electron chi connectivity index (χ4n) is 6.81. The van der Waals surface area contributed by atoms with Gasteiger partial charge in [0.2, 0.25) is 0 Å². The van der Waals surface area contributed by atoms with Gasteiger partial charge in [-0.25, -0.2) is 0 Å². The van der Waals surface area contributed by atoms with Crippen molar-refractivity contribution < 1.29 is 4.74 Å². The van der Waals surface area contributed by atoms with Crippen LogP contribution in [0, 0.1) is 0 Å². The van der Waals surface area contributed by atoms with Gasteiger partial charge in [-0.05, 0) is 83.1 Å². The van der Waals surface area contributed by atoms with Crippen molar-refractivity contribution in [3.05, 3.63) is 140 Å². The lowest BCUT2D eigenvalue weighted by molar-refractivity contribution is 0.488. The second-order valence-electron chi connectivity index (χ2n) is 10.5. The molecule has 0 atom stereocenters. The molecule has 3 heterocycles. The van der Waals surface area contributed by atoms with E-state index in [4.69, 9.17) is 4.74 Å². The van der Waals surface area contributed by atoms with Crippen molar-refractivity contribution in [2.45, 2.75) is 0 Å². The fourth-order valence-corrected chi connectivity index (χ4v) is 6.81. The number of benzene rings is 6. The molecule has 6 aromatic carbocycles. The standard InChI is InChI=1S/C36H23BN2O/c1-3-11-24(12-4-1)38(25-13-5-2-6-14-25)26-19-21-32-30(23-26)37-29-16-8-10-18-33(29)40-34-22-20-28-27-15-7-9-17-31(27)39(32)36(28)35(34)37/h1-23H. The Kier molecular flexibility index (Phi) is 4.41. The van der Waals surface area contributed by atoms with Gasteiger partial charge in [0.05, 0.1) is 11.0 Å². The Morgan fingerprint density at radius 1 is 0.525 bits per heavy atom. The number of hydrogen-bond donors (Lipinski definition) is 0. The Morgan fingerprint density at radius 2 is 1.23 bits per heavy atom. The number of aromatic nitrogens is 1. The lowest BCUT2D eigenvalue weighted by atomic mass is 9.34. The first-order chi connectivity index (χ1) is 19.9. The van der Waals surface area contributed by atoms with Crippen LogP contribution in [0.3, 0.4) is 0 Å². The predicted octanol–water partition coefficient (Wildman–Crippen LogP) is 7.19. The summed E-state index contributed by atoms with van der Waals surface area (Å²) in [6, 6.07) is 49.8. The molecule has 0 radical (unpaired) electrons. The third-order valence-electron chi connectivity index (χ3n) is 8.42. The monoisotopic (exact) mass is 510 g/mol. The number of hydrogen-bond acceptors (Lipinski definition) is 2. The zero-order chi connectivity index (χ0) is 26.2. The van der Waals surface area contributed by atoms with Crippen LogP contribution >= 0.6 is 0 Å². The van der Waals surface area contributed by atoms with Gasteiger partial charge in [-0.3, -0.25) is 0 Å². The maximum atomic E-state index is 6.55. The lowest BCUT2D eigenvalue weighted by Gasteiger charge is -2.34. The minimum Gasteiger partial charge on any atom is -0.458 e. The molecule has 9 rings (SSSR count). The van der Waals surface area contributed by atoms with Crippen LogP contribution in [0.25, 0.3) is 27.5 Å². The molecule has 2 aliphatic heterocycles. The largest absolute Gasteiger partial charge is 0.458 e. The summed E-state index contributed by atoms with van der Waals surface area (Å²) in [5, 5.41) is 2.54. The van der Waals surface area contributed by atoms with E-state index in [9.17, 15) is 0 Å². The summed E-state index contributed by atoms with van der Waals surface area (Å²) in [7, 11) is 0. The van der Waals surface area contributed by atoms with Crippen LogP contribution < -0.4 is 26.0 Å². The van der Waals surface area contributed by atoms with E-state index in [0.717, 1.165) is 28.6 Å². The Morgan fingerprint density at radius 3 is 2.02 bits per heavy atom. The van der Waals surface area contributed by atoms with Crippen LogP contribution in [0.5, 0.6) is 11.5 Å². The van der Waals surface area contributed by atoms with E-state index in [1.807, 2.05) is 0 Å². The molecule has 0 unspecified atom stereocenters. The van der Waals surface area contributed by atoms with E-state index in [1.165, 1.54) is 43.9 Å². The normalized spacial score (nSPS) is 12.7. The Bertz CT molecular complexity index is 2060. The molecule has 7 aromatic rings. The molecule has 0 bridgehead atoms. The van der Waals surface area contributed by atoms with Crippen molar-refractivity contribution in [1.29, 1.82) is 0 Å². The van der Waals surface area contributed by atoms with Crippen molar-refractivity contribution >= 4 is 62.0 Å². The van der Waals surface area contributed by atoms with Crippen LogP contribution in [0.15, 0.2) is 140 Å². The van der Waals surface area contributed by atoms with Crippen molar-refractivity contribution in [3.8, 4) is 17.2 Å². The van der Waals surface area contributed by atoms with Gasteiger partial charge >= 0.3 is 0 Å². The molecule has 4 heteroatoms. The van der Waals surface area contributed by atoms with Crippen molar-refractivity contribution in [2.75, 3.05) is 4.90 Å². The summed E-state index contributed by atoms with van der Waals surface area (Å²) in [6.45, 7) is 0.0730. The molecule has 2 aliphatic rings. The van der Waals surface area contributed by atoms with Gasteiger partial charge in [0.25, 0.3) is 6.71 Å². The topological polar surface area (TPSA) is 17.4 Å². The summed E-state index contributed by atoms with van der Waals surface area (Å²) in [5.74, 6) is 1.88. The van der Waals surface area contributed by atoms with E-state index in [0.29, 0.717) is 0 Å². The third kappa shape index (κ3) is 2.90. The molecule has 0 fully saturated rings. The summed E-state index contributed by atoms with van der Waals surface area (Å²) >= 11 is 0. The second-order valence-corrected chi connectivity index (χ2v) is 10.5. The Hall–Kier alpha value is -5.22. The van der Waals surface area contributed by atoms with E-state index < -0.39 is 0 Å². The average molecular weight is 510 g/mol. The highest BCUT2D eigenvalue weighted by Crippen LogP contribution is 2.40. The van der Waals surface area contributed by atoms with Crippen LogP contribution in [-0.4, -0.2) is 11.3 Å². The van der Waals surface area contributed by atoms with Crippen molar-refractivity contribution in [3.63, 3.8) is 0 Å². The average Bonchev–Trinajstić information content (AvgIpc) is 3.36. The number of ether oxygens (including phenoxy) is 1.